The zero-order valence-corrected chi connectivity index (χ0v) is 17.2. The van der Waals surface area contributed by atoms with Crippen molar-refractivity contribution < 1.29 is 19.0 Å². The summed E-state index contributed by atoms with van der Waals surface area (Å²) in [6.07, 6.45) is 5.21. The largest absolute Gasteiger partial charge is 0.513 e. The van der Waals surface area contributed by atoms with Crippen molar-refractivity contribution >= 4 is 17.4 Å². The summed E-state index contributed by atoms with van der Waals surface area (Å²) in [7, 11) is 1.47. The molecule has 1 aliphatic rings. The van der Waals surface area contributed by atoms with E-state index in [1.165, 1.54) is 19.3 Å². The fourth-order valence-corrected chi connectivity index (χ4v) is 2.87. The molecule has 0 bridgehead atoms. The van der Waals surface area contributed by atoms with Gasteiger partial charge in [-0.1, -0.05) is 12.1 Å². The van der Waals surface area contributed by atoms with Gasteiger partial charge in [0.2, 0.25) is 0 Å². The number of hydrogen-bond donors (Lipinski definition) is 4. The van der Waals surface area contributed by atoms with Gasteiger partial charge in [-0.05, 0) is 31.9 Å². The number of para-hydroxylation sites is 1. The molecule has 1 fully saturated rings. The molecule has 162 valence electrons. The Balaban J connectivity index is 1.98. The number of aryl methyl sites for hydroxylation is 1. The fraction of sp³-hybridized carbons (Fsp3) is 0.227. The molecule has 0 aliphatic heterocycles. The molecule has 1 aromatic heterocycles. The van der Waals surface area contributed by atoms with E-state index in [-0.39, 0.29) is 29.1 Å². The van der Waals surface area contributed by atoms with Crippen molar-refractivity contribution in [2.75, 3.05) is 12.4 Å². The maximum absolute atomic E-state index is 14.0. The normalized spacial score (nSPS) is 15.0. The number of rotatable bonds is 7. The number of aliphatic hydroxyl groups excluding tert-OH is 1. The molecule has 1 heterocycles. The van der Waals surface area contributed by atoms with Gasteiger partial charge in [-0.15, -0.1) is 0 Å². The molecule has 0 spiro atoms. The Bertz CT molecular complexity index is 1090. The van der Waals surface area contributed by atoms with Crippen LogP contribution in [0.1, 0.15) is 18.5 Å². The standard InChI is InChI=1S/C22H24FN5O3/c1-12-16(23)8-14(10-26-12)15-4-3-5-18(21(15)31-2)27-19(17(24)11-29)9-20(25)28-22(30)13-6-7-13/h3-5,8-11,13,27,29H,6-7,24H2,1-2H3,(H2,25,28,30)/b17-11+,19-9+. The van der Waals surface area contributed by atoms with E-state index < -0.39 is 5.82 Å². The second-order valence-electron chi connectivity index (χ2n) is 7.09. The van der Waals surface area contributed by atoms with Gasteiger partial charge in [-0.2, -0.15) is 4.99 Å². The molecule has 6 N–H and O–H groups in total. The van der Waals surface area contributed by atoms with Crippen LogP contribution in [-0.2, 0) is 4.79 Å². The fourth-order valence-electron chi connectivity index (χ4n) is 2.87. The molecule has 0 saturated heterocycles. The molecule has 2 aromatic rings. The zero-order chi connectivity index (χ0) is 22.5. The van der Waals surface area contributed by atoms with Gasteiger partial charge in [0, 0.05) is 29.3 Å². The monoisotopic (exact) mass is 425 g/mol. The molecular formula is C22H24FN5O3. The van der Waals surface area contributed by atoms with E-state index in [0.717, 1.165) is 12.8 Å². The third-order valence-corrected chi connectivity index (χ3v) is 4.73. The van der Waals surface area contributed by atoms with E-state index in [4.69, 9.17) is 16.2 Å². The van der Waals surface area contributed by atoms with Crippen molar-refractivity contribution in [1.82, 2.24) is 4.98 Å². The highest BCUT2D eigenvalue weighted by Crippen LogP contribution is 2.37. The SMILES string of the molecule is COc1c(NC(=C/C(N)=NC(=O)C2CC2)/C(N)=C\O)cccc1-c1cnc(C)c(F)c1. The van der Waals surface area contributed by atoms with Gasteiger partial charge in [0.25, 0.3) is 5.91 Å². The number of aliphatic imine (C=N–C) groups is 1. The Labute approximate surface area is 179 Å². The van der Waals surface area contributed by atoms with E-state index in [2.05, 4.69) is 15.3 Å². The van der Waals surface area contributed by atoms with Crippen LogP contribution in [0.3, 0.4) is 0 Å². The summed E-state index contributed by atoms with van der Waals surface area (Å²) in [4.78, 5) is 19.8. The van der Waals surface area contributed by atoms with Crippen LogP contribution in [0.5, 0.6) is 5.75 Å². The minimum Gasteiger partial charge on any atom is -0.513 e. The van der Waals surface area contributed by atoms with Crippen molar-refractivity contribution in [3.05, 3.63) is 65.7 Å². The number of carbonyl (C=O) groups excluding carboxylic acids is 1. The predicted octanol–water partition coefficient (Wildman–Crippen LogP) is 3.15. The molecule has 8 nitrogen and oxygen atoms in total. The number of hydrogen-bond acceptors (Lipinski definition) is 6. The molecule has 1 aliphatic carbocycles. The highest BCUT2D eigenvalue weighted by molar-refractivity contribution is 6.02. The van der Waals surface area contributed by atoms with Gasteiger partial charge in [-0.3, -0.25) is 9.78 Å². The van der Waals surface area contributed by atoms with Crippen LogP contribution in [0.4, 0.5) is 10.1 Å². The van der Waals surface area contributed by atoms with Crippen molar-refractivity contribution in [1.29, 1.82) is 0 Å². The van der Waals surface area contributed by atoms with Gasteiger partial charge < -0.3 is 26.6 Å². The van der Waals surface area contributed by atoms with Gasteiger partial charge in [-0.25, -0.2) is 4.39 Å². The number of aromatic nitrogens is 1. The van der Waals surface area contributed by atoms with Gasteiger partial charge in [0.1, 0.15) is 23.7 Å². The molecule has 1 aromatic carbocycles. The highest BCUT2D eigenvalue weighted by Gasteiger charge is 2.29. The lowest BCUT2D eigenvalue weighted by Crippen LogP contribution is -2.18. The smallest absolute Gasteiger partial charge is 0.250 e. The second kappa shape index (κ2) is 9.29. The van der Waals surface area contributed by atoms with E-state index in [1.807, 2.05) is 0 Å². The number of nitrogens with one attached hydrogen (secondary N) is 1. The van der Waals surface area contributed by atoms with Crippen LogP contribution in [0.25, 0.3) is 11.1 Å². The molecule has 9 heteroatoms. The van der Waals surface area contributed by atoms with Gasteiger partial charge in [0.05, 0.1) is 29.9 Å². The Morgan fingerprint density at radius 1 is 1.39 bits per heavy atom. The predicted molar refractivity (Wildman–Crippen MR) is 117 cm³/mol. The molecule has 0 atom stereocenters. The third-order valence-electron chi connectivity index (χ3n) is 4.73. The summed E-state index contributed by atoms with van der Waals surface area (Å²) in [5.74, 6) is -0.448. The number of halogens is 1. The average molecular weight is 425 g/mol. The highest BCUT2D eigenvalue weighted by atomic mass is 19.1. The van der Waals surface area contributed by atoms with E-state index in [1.54, 1.807) is 31.3 Å². The summed E-state index contributed by atoms with van der Waals surface area (Å²) in [6, 6.07) is 6.58. The van der Waals surface area contributed by atoms with Crippen molar-refractivity contribution in [3.8, 4) is 16.9 Å². The Morgan fingerprint density at radius 2 is 2.13 bits per heavy atom. The minimum atomic E-state index is -0.435. The first-order chi connectivity index (χ1) is 14.8. The molecule has 0 unspecified atom stereocenters. The summed E-state index contributed by atoms with van der Waals surface area (Å²) in [5, 5.41) is 12.4. The number of carbonyl (C=O) groups is 1. The lowest BCUT2D eigenvalue weighted by Gasteiger charge is -2.17. The van der Waals surface area contributed by atoms with Crippen LogP contribution < -0.4 is 21.5 Å². The van der Waals surface area contributed by atoms with Crippen molar-refractivity contribution in [3.63, 3.8) is 0 Å². The summed E-state index contributed by atoms with van der Waals surface area (Å²) >= 11 is 0. The lowest BCUT2D eigenvalue weighted by atomic mass is 10.0. The van der Waals surface area contributed by atoms with Crippen molar-refractivity contribution in [2.45, 2.75) is 19.8 Å². The maximum atomic E-state index is 14.0. The minimum absolute atomic E-state index is 0.0347. The molecule has 3 rings (SSSR count). The number of anilines is 1. The first kappa shape index (κ1) is 21.8. The number of pyridine rings is 1. The first-order valence-corrected chi connectivity index (χ1v) is 9.60. The van der Waals surface area contributed by atoms with Crippen LogP contribution in [0.15, 0.2) is 59.2 Å². The molecular weight excluding hydrogens is 401 g/mol. The number of amides is 1. The maximum Gasteiger partial charge on any atom is 0.250 e. The summed E-state index contributed by atoms with van der Waals surface area (Å²) in [5.41, 5.74) is 13.8. The van der Waals surface area contributed by atoms with Crippen LogP contribution >= 0.6 is 0 Å². The zero-order valence-electron chi connectivity index (χ0n) is 17.2. The topological polar surface area (TPSA) is 136 Å². The third kappa shape index (κ3) is 5.19. The Hall–Kier alpha value is -3.88. The van der Waals surface area contributed by atoms with Gasteiger partial charge in [0.15, 0.2) is 0 Å². The van der Waals surface area contributed by atoms with E-state index >= 15 is 0 Å². The van der Waals surface area contributed by atoms with E-state index in [9.17, 15) is 14.3 Å². The van der Waals surface area contributed by atoms with Crippen LogP contribution in [-0.4, -0.2) is 28.9 Å². The molecule has 0 radical (unpaired) electrons. The summed E-state index contributed by atoms with van der Waals surface area (Å²) in [6.45, 7) is 1.58. The first-order valence-electron chi connectivity index (χ1n) is 9.60. The van der Waals surface area contributed by atoms with E-state index in [0.29, 0.717) is 34.5 Å². The Kier molecular flexibility index (Phi) is 6.54. The lowest BCUT2D eigenvalue weighted by molar-refractivity contribution is -0.118. The molecule has 31 heavy (non-hydrogen) atoms. The number of methoxy groups -OCH3 is 1. The molecule has 1 saturated carbocycles. The second-order valence-corrected chi connectivity index (χ2v) is 7.09. The van der Waals surface area contributed by atoms with Crippen LogP contribution in [0, 0.1) is 18.7 Å². The van der Waals surface area contributed by atoms with Gasteiger partial charge >= 0.3 is 0 Å². The van der Waals surface area contributed by atoms with Crippen LogP contribution in [0.2, 0.25) is 0 Å². The number of aliphatic hydroxyl groups is 1. The quantitative estimate of drug-likeness (QED) is 0.231. The molecule has 1 amide bonds. The van der Waals surface area contributed by atoms with Crippen molar-refractivity contribution in [2.24, 2.45) is 22.4 Å². The summed E-state index contributed by atoms with van der Waals surface area (Å²) < 4.78 is 19.6. The number of nitrogens with two attached hydrogens (primary N) is 2. The number of nitrogens with zero attached hydrogens (tertiary/aromatic N) is 2. The number of ether oxygens (including phenoxy) is 1. The Morgan fingerprint density at radius 3 is 2.74 bits per heavy atom. The average Bonchev–Trinajstić information content (AvgIpc) is 3.60. The number of benzene rings is 1. The number of amidine groups is 1.